The average molecular weight is 428 g/mol. The van der Waals surface area contributed by atoms with Gasteiger partial charge in [0.15, 0.2) is 0 Å². The Balaban J connectivity index is 2.07. The number of nitrogens with two attached hydrogens (primary N) is 1. The van der Waals surface area contributed by atoms with E-state index in [4.69, 9.17) is 10.5 Å². The highest BCUT2D eigenvalue weighted by molar-refractivity contribution is 7.19. The van der Waals surface area contributed by atoms with E-state index in [1.165, 1.54) is 4.88 Å². The van der Waals surface area contributed by atoms with Crippen molar-refractivity contribution in [3.05, 3.63) is 46.7 Å². The third-order valence-corrected chi connectivity index (χ3v) is 6.08. The van der Waals surface area contributed by atoms with E-state index in [1.54, 1.807) is 34.8 Å². The fourth-order valence-corrected chi connectivity index (χ4v) is 4.40. The summed E-state index contributed by atoms with van der Waals surface area (Å²) in [5.74, 6) is 0. The fraction of sp³-hybridized carbons (Fsp3) is 0.455. The summed E-state index contributed by atoms with van der Waals surface area (Å²) in [4.78, 5) is 20.0. The summed E-state index contributed by atoms with van der Waals surface area (Å²) >= 11 is 1.62. The van der Waals surface area contributed by atoms with E-state index in [1.807, 2.05) is 39.8 Å². The molecule has 3 aromatic heterocycles. The number of aromatic nitrogens is 3. The zero-order valence-corrected chi connectivity index (χ0v) is 19.0. The number of fused-ring (bicyclic) bond motifs is 1. The van der Waals surface area contributed by atoms with Gasteiger partial charge in [0.2, 0.25) is 0 Å². The number of carbonyl (C=O) groups excluding carboxylic acids is 1. The van der Waals surface area contributed by atoms with E-state index in [2.05, 4.69) is 22.1 Å². The molecular formula is C22H29N5O2S. The first-order valence-electron chi connectivity index (χ1n) is 10.1. The van der Waals surface area contributed by atoms with Crippen molar-refractivity contribution in [2.75, 3.05) is 4.90 Å². The average Bonchev–Trinajstić information content (AvgIpc) is 3.01. The van der Waals surface area contributed by atoms with Crippen LogP contribution in [0.5, 0.6) is 0 Å². The maximum atomic E-state index is 13.1. The van der Waals surface area contributed by atoms with Crippen molar-refractivity contribution in [3.8, 4) is 0 Å². The summed E-state index contributed by atoms with van der Waals surface area (Å²) in [6.07, 6.45) is 6.31. The normalized spacial score (nSPS) is 12.7. The summed E-state index contributed by atoms with van der Waals surface area (Å²) in [5, 5.41) is 8.54. The van der Waals surface area contributed by atoms with Crippen LogP contribution < -0.4 is 10.6 Å². The Bertz CT molecular complexity index is 1010. The van der Waals surface area contributed by atoms with Gasteiger partial charge in [0.05, 0.1) is 23.1 Å². The van der Waals surface area contributed by atoms with E-state index in [0.29, 0.717) is 12.2 Å². The molecule has 0 aliphatic rings. The van der Waals surface area contributed by atoms with Crippen molar-refractivity contribution in [2.45, 2.75) is 65.6 Å². The molecule has 0 fully saturated rings. The SMILES string of the molecule is CCC(N)Cc1sc2c(N(Cc3ccncc3)C(=O)OC(C)(C)C)cnnc2c1C. The van der Waals surface area contributed by atoms with Crippen LogP contribution in [-0.2, 0) is 17.7 Å². The highest BCUT2D eigenvalue weighted by atomic mass is 32.1. The molecule has 1 atom stereocenters. The van der Waals surface area contributed by atoms with E-state index in [9.17, 15) is 4.79 Å². The van der Waals surface area contributed by atoms with Crippen molar-refractivity contribution in [2.24, 2.45) is 5.73 Å². The third-order valence-electron chi connectivity index (χ3n) is 4.75. The van der Waals surface area contributed by atoms with Crippen LogP contribution in [0.25, 0.3) is 10.2 Å². The van der Waals surface area contributed by atoms with E-state index < -0.39 is 11.7 Å². The first-order valence-corrected chi connectivity index (χ1v) is 10.9. The first kappa shape index (κ1) is 22.1. The summed E-state index contributed by atoms with van der Waals surface area (Å²) < 4.78 is 6.62. The van der Waals surface area contributed by atoms with Gasteiger partial charge in [-0.1, -0.05) is 6.92 Å². The molecule has 0 aliphatic carbocycles. The number of pyridine rings is 1. The Labute approximate surface area is 181 Å². The molecule has 3 aromatic rings. The zero-order chi connectivity index (χ0) is 21.9. The molecular weight excluding hydrogens is 398 g/mol. The van der Waals surface area contributed by atoms with Crippen molar-refractivity contribution < 1.29 is 9.53 Å². The van der Waals surface area contributed by atoms with Gasteiger partial charge < -0.3 is 10.5 Å². The van der Waals surface area contributed by atoms with Crippen LogP contribution >= 0.6 is 11.3 Å². The highest BCUT2D eigenvalue weighted by Gasteiger charge is 2.27. The van der Waals surface area contributed by atoms with Gasteiger partial charge in [0.1, 0.15) is 11.1 Å². The minimum Gasteiger partial charge on any atom is -0.443 e. The molecule has 0 saturated heterocycles. The maximum Gasteiger partial charge on any atom is 0.415 e. The Morgan fingerprint density at radius 2 is 2.00 bits per heavy atom. The summed E-state index contributed by atoms with van der Waals surface area (Å²) in [5.41, 5.74) is 9.09. The van der Waals surface area contributed by atoms with Gasteiger partial charge in [-0.3, -0.25) is 9.88 Å². The van der Waals surface area contributed by atoms with Crippen LogP contribution in [0.15, 0.2) is 30.7 Å². The van der Waals surface area contributed by atoms with E-state index in [0.717, 1.165) is 34.2 Å². The van der Waals surface area contributed by atoms with Crippen molar-refractivity contribution in [1.29, 1.82) is 0 Å². The second-order valence-corrected chi connectivity index (χ2v) is 9.46. The van der Waals surface area contributed by atoms with Crippen molar-refractivity contribution >= 4 is 33.3 Å². The maximum absolute atomic E-state index is 13.1. The van der Waals surface area contributed by atoms with Gasteiger partial charge in [0.25, 0.3) is 0 Å². The Kier molecular flexibility index (Phi) is 6.67. The molecule has 0 aliphatic heterocycles. The van der Waals surface area contributed by atoms with Crippen molar-refractivity contribution in [3.63, 3.8) is 0 Å². The summed E-state index contributed by atoms with van der Waals surface area (Å²) in [6, 6.07) is 3.86. The van der Waals surface area contributed by atoms with Crippen LogP contribution in [-0.4, -0.2) is 32.9 Å². The molecule has 2 N–H and O–H groups in total. The number of rotatable bonds is 6. The number of anilines is 1. The monoisotopic (exact) mass is 427 g/mol. The molecule has 160 valence electrons. The highest BCUT2D eigenvalue weighted by Crippen LogP contribution is 2.37. The second kappa shape index (κ2) is 9.06. The molecule has 0 radical (unpaired) electrons. The van der Waals surface area contributed by atoms with E-state index in [-0.39, 0.29) is 6.04 Å². The van der Waals surface area contributed by atoms with Crippen LogP contribution in [0.4, 0.5) is 10.5 Å². The van der Waals surface area contributed by atoms with Crippen LogP contribution in [0.3, 0.4) is 0 Å². The lowest BCUT2D eigenvalue weighted by Crippen LogP contribution is -2.36. The molecule has 1 amide bonds. The Morgan fingerprint density at radius 3 is 2.63 bits per heavy atom. The van der Waals surface area contributed by atoms with Crippen LogP contribution in [0.1, 0.15) is 50.1 Å². The molecule has 0 saturated carbocycles. The minimum absolute atomic E-state index is 0.0898. The first-order chi connectivity index (χ1) is 14.2. The smallest absolute Gasteiger partial charge is 0.415 e. The molecule has 3 heterocycles. The molecule has 3 rings (SSSR count). The number of nitrogens with zero attached hydrogens (tertiary/aromatic N) is 4. The molecule has 0 bridgehead atoms. The molecule has 1 unspecified atom stereocenters. The lowest BCUT2D eigenvalue weighted by atomic mass is 10.1. The molecule has 30 heavy (non-hydrogen) atoms. The van der Waals surface area contributed by atoms with Gasteiger partial charge in [-0.25, -0.2) is 4.79 Å². The standard InChI is InChI=1S/C22H29N5O2S/c1-6-16(23)11-18-14(2)19-20(30-18)17(12-25-26-19)27(21(28)29-22(3,4)5)13-15-7-9-24-10-8-15/h7-10,12,16H,6,11,13,23H2,1-5H3. The quantitative estimate of drug-likeness (QED) is 0.617. The van der Waals surface area contributed by atoms with E-state index >= 15 is 0 Å². The summed E-state index contributed by atoms with van der Waals surface area (Å²) in [7, 11) is 0. The number of aryl methyl sites for hydroxylation is 1. The third kappa shape index (κ3) is 5.12. The minimum atomic E-state index is -0.614. The second-order valence-electron chi connectivity index (χ2n) is 8.35. The Hall–Kier alpha value is -2.58. The van der Waals surface area contributed by atoms with Gasteiger partial charge in [-0.2, -0.15) is 5.10 Å². The lowest BCUT2D eigenvalue weighted by molar-refractivity contribution is 0.0578. The summed E-state index contributed by atoms with van der Waals surface area (Å²) in [6.45, 7) is 10.0. The van der Waals surface area contributed by atoms with Crippen LogP contribution in [0, 0.1) is 6.92 Å². The predicted molar refractivity (Wildman–Crippen MR) is 121 cm³/mol. The molecule has 0 aromatic carbocycles. The number of thiophene rings is 1. The number of ether oxygens (including phenoxy) is 1. The number of carbonyl (C=O) groups is 1. The predicted octanol–water partition coefficient (Wildman–Crippen LogP) is 4.62. The Morgan fingerprint density at radius 1 is 1.30 bits per heavy atom. The van der Waals surface area contributed by atoms with Gasteiger partial charge in [0, 0.05) is 23.3 Å². The fourth-order valence-electron chi connectivity index (χ4n) is 3.05. The molecule has 8 heteroatoms. The lowest BCUT2D eigenvalue weighted by Gasteiger charge is -2.27. The van der Waals surface area contributed by atoms with Crippen molar-refractivity contribution in [1.82, 2.24) is 15.2 Å². The number of hydrogen-bond acceptors (Lipinski definition) is 7. The largest absolute Gasteiger partial charge is 0.443 e. The number of hydrogen-bond donors (Lipinski definition) is 1. The van der Waals surface area contributed by atoms with Gasteiger partial charge >= 0.3 is 6.09 Å². The van der Waals surface area contributed by atoms with Crippen LogP contribution in [0.2, 0.25) is 0 Å². The van der Waals surface area contributed by atoms with Gasteiger partial charge in [-0.15, -0.1) is 16.4 Å². The topological polar surface area (TPSA) is 94.2 Å². The molecule has 0 spiro atoms. The van der Waals surface area contributed by atoms with Gasteiger partial charge in [-0.05, 0) is 63.8 Å². The number of amides is 1. The zero-order valence-electron chi connectivity index (χ0n) is 18.2. The molecule has 7 nitrogen and oxygen atoms in total.